The van der Waals surface area contributed by atoms with Gasteiger partial charge >= 0.3 is 0 Å². The molecule has 0 radical (unpaired) electrons. The first kappa shape index (κ1) is 18.1. The van der Waals surface area contributed by atoms with Gasteiger partial charge in [-0.2, -0.15) is 0 Å². The standard InChI is InChI=1S/C19H21NO5S/c1-22-14-7-5-11(9-13(14)21)6-8-16-20-12-10-15(23-2)17(24-3)18(25-4)19(12)26-16/h5,7,9-10,21H,6,8H2,1-4H3. The molecule has 0 amide bonds. The third-order valence-corrected chi connectivity index (χ3v) is 5.23. The molecule has 0 saturated heterocycles. The van der Waals surface area contributed by atoms with Crippen molar-refractivity contribution in [3.8, 4) is 28.7 Å². The number of aryl methyl sites for hydroxylation is 2. The summed E-state index contributed by atoms with van der Waals surface area (Å²) in [4.78, 5) is 4.69. The van der Waals surface area contributed by atoms with Crippen LogP contribution in [0, 0.1) is 0 Å². The average molecular weight is 375 g/mol. The van der Waals surface area contributed by atoms with Crippen LogP contribution < -0.4 is 18.9 Å². The number of thiazole rings is 1. The largest absolute Gasteiger partial charge is 0.504 e. The fourth-order valence-electron chi connectivity index (χ4n) is 2.82. The van der Waals surface area contributed by atoms with E-state index in [9.17, 15) is 5.11 Å². The maximum atomic E-state index is 9.90. The zero-order chi connectivity index (χ0) is 18.7. The predicted octanol–water partition coefficient (Wildman–Crippen LogP) is 3.82. The number of methoxy groups -OCH3 is 4. The van der Waals surface area contributed by atoms with Crippen molar-refractivity contribution in [3.63, 3.8) is 0 Å². The summed E-state index contributed by atoms with van der Waals surface area (Å²) in [7, 11) is 6.32. The molecule has 0 aliphatic carbocycles. The number of phenolic OH excluding ortho intramolecular Hbond substituents is 1. The number of hydrogen-bond acceptors (Lipinski definition) is 7. The number of hydrogen-bond donors (Lipinski definition) is 1. The highest BCUT2D eigenvalue weighted by molar-refractivity contribution is 7.19. The summed E-state index contributed by atoms with van der Waals surface area (Å²) in [5, 5.41) is 10.9. The van der Waals surface area contributed by atoms with Crippen molar-refractivity contribution in [3.05, 3.63) is 34.8 Å². The number of ether oxygens (including phenoxy) is 4. The zero-order valence-corrected chi connectivity index (χ0v) is 16.0. The average Bonchev–Trinajstić information content (AvgIpc) is 3.07. The van der Waals surface area contributed by atoms with Crippen LogP contribution in [0.3, 0.4) is 0 Å². The number of phenols is 1. The first-order chi connectivity index (χ1) is 12.6. The number of rotatable bonds is 7. The van der Waals surface area contributed by atoms with Gasteiger partial charge in [-0.3, -0.25) is 0 Å². The van der Waals surface area contributed by atoms with Gasteiger partial charge in [0.05, 0.1) is 39.0 Å². The van der Waals surface area contributed by atoms with Crippen LogP contribution in [0.15, 0.2) is 24.3 Å². The van der Waals surface area contributed by atoms with E-state index in [1.165, 1.54) is 7.11 Å². The number of nitrogens with zero attached hydrogens (tertiary/aromatic N) is 1. The van der Waals surface area contributed by atoms with Gasteiger partial charge in [0.2, 0.25) is 5.75 Å². The minimum atomic E-state index is 0.144. The molecule has 0 spiro atoms. The second-order valence-corrected chi connectivity index (χ2v) is 6.69. The number of fused-ring (bicyclic) bond motifs is 1. The van der Waals surface area contributed by atoms with Gasteiger partial charge in [0.15, 0.2) is 23.0 Å². The Kier molecular flexibility index (Phi) is 5.37. The summed E-state index contributed by atoms with van der Waals surface area (Å²) >= 11 is 1.57. The quantitative estimate of drug-likeness (QED) is 0.677. The van der Waals surface area contributed by atoms with E-state index in [-0.39, 0.29) is 5.75 Å². The van der Waals surface area contributed by atoms with E-state index in [0.29, 0.717) is 23.0 Å². The van der Waals surface area contributed by atoms with Crippen molar-refractivity contribution < 1.29 is 24.1 Å². The molecule has 3 aromatic rings. The molecule has 0 aliphatic rings. The lowest BCUT2D eigenvalue weighted by molar-refractivity contribution is 0.327. The first-order valence-electron chi connectivity index (χ1n) is 8.05. The van der Waals surface area contributed by atoms with Gasteiger partial charge in [0.1, 0.15) is 4.70 Å². The van der Waals surface area contributed by atoms with Crippen LogP contribution in [0.25, 0.3) is 10.2 Å². The van der Waals surface area contributed by atoms with Gasteiger partial charge in [-0.15, -0.1) is 11.3 Å². The van der Waals surface area contributed by atoms with Crippen LogP contribution in [-0.2, 0) is 12.8 Å². The smallest absolute Gasteiger partial charge is 0.204 e. The maximum absolute atomic E-state index is 9.90. The Morgan fingerprint density at radius 1 is 0.885 bits per heavy atom. The van der Waals surface area contributed by atoms with Crippen LogP contribution in [0.5, 0.6) is 28.7 Å². The van der Waals surface area contributed by atoms with E-state index in [0.717, 1.165) is 33.6 Å². The molecule has 3 rings (SSSR count). The highest BCUT2D eigenvalue weighted by Gasteiger charge is 2.19. The normalized spacial score (nSPS) is 10.8. The fourth-order valence-corrected chi connectivity index (χ4v) is 3.88. The van der Waals surface area contributed by atoms with Crippen LogP contribution in [0.4, 0.5) is 0 Å². The van der Waals surface area contributed by atoms with Gasteiger partial charge < -0.3 is 24.1 Å². The number of aromatic nitrogens is 1. The molecule has 7 heteroatoms. The van der Waals surface area contributed by atoms with Gasteiger partial charge in [0.25, 0.3) is 0 Å². The predicted molar refractivity (Wildman–Crippen MR) is 101 cm³/mol. The van der Waals surface area contributed by atoms with Gasteiger partial charge in [-0.25, -0.2) is 4.98 Å². The summed E-state index contributed by atoms with van der Waals surface area (Å²) < 4.78 is 22.3. The Hall–Kier alpha value is -2.67. The lowest BCUT2D eigenvalue weighted by Crippen LogP contribution is -1.95. The minimum Gasteiger partial charge on any atom is -0.504 e. The maximum Gasteiger partial charge on any atom is 0.204 e. The van der Waals surface area contributed by atoms with Gasteiger partial charge in [-0.1, -0.05) is 6.07 Å². The fraction of sp³-hybridized carbons (Fsp3) is 0.316. The molecule has 0 unspecified atom stereocenters. The highest BCUT2D eigenvalue weighted by atomic mass is 32.1. The molecule has 6 nitrogen and oxygen atoms in total. The van der Waals surface area contributed by atoms with Gasteiger partial charge in [-0.05, 0) is 24.1 Å². The summed E-state index contributed by atoms with van der Waals surface area (Å²) in [5.41, 5.74) is 1.83. The van der Waals surface area contributed by atoms with Crippen molar-refractivity contribution >= 4 is 21.6 Å². The molecular weight excluding hydrogens is 354 g/mol. The molecule has 0 saturated carbocycles. The first-order valence-corrected chi connectivity index (χ1v) is 8.87. The Morgan fingerprint density at radius 2 is 1.62 bits per heavy atom. The molecule has 1 aromatic heterocycles. The van der Waals surface area contributed by atoms with Gasteiger partial charge in [0, 0.05) is 12.5 Å². The van der Waals surface area contributed by atoms with E-state index in [1.54, 1.807) is 44.8 Å². The van der Waals surface area contributed by atoms with Crippen molar-refractivity contribution in [2.24, 2.45) is 0 Å². The third-order valence-electron chi connectivity index (χ3n) is 4.10. The SMILES string of the molecule is COc1ccc(CCc2nc3cc(OC)c(OC)c(OC)c3s2)cc1O. The molecule has 138 valence electrons. The Balaban J connectivity index is 1.88. The van der Waals surface area contributed by atoms with Crippen molar-refractivity contribution in [2.45, 2.75) is 12.8 Å². The summed E-state index contributed by atoms with van der Waals surface area (Å²) in [6.45, 7) is 0. The highest BCUT2D eigenvalue weighted by Crippen LogP contribution is 2.45. The lowest BCUT2D eigenvalue weighted by atomic mass is 10.1. The van der Waals surface area contributed by atoms with Crippen LogP contribution >= 0.6 is 11.3 Å². The molecule has 2 aromatic carbocycles. The summed E-state index contributed by atoms with van der Waals surface area (Å²) in [6.07, 6.45) is 1.51. The molecule has 0 atom stereocenters. The molecule has 0 bridgehead atoms. The summed E-state index contributed by atoms with van der Waals surface area (Å²) in [5.74, 6) is 2.40. The lowest BCUT2D eigenvalue weighted by Gasteiger charge is -2.11. The second-order valence-electron chi connectivity index (χ2n) is 5.61. The second kappa shape index (κ2) is 7.70. The summed E-state index contributed by atoms with van der Waals surface area (Å²) in [6, 6.07) is 7.29. The minimum absolute atomic E-state index is 0.144. The molecule has 1 N–H and O–H groups in total. The van der Waals surface area contributed by atoms with Crippen molar-refractivity contribution in [2.75, 3.05) is 28.4 Å². The van der Waals surface area contributed by atoms with E-state index < -0.39 is 0 Å². The van der Waals surface area contributed by atoms with Crippen LogP contribution in [-0.4, -0.2) is 38.5 Å². The number of benzene rings is 2. The molecule has 1 heterocycles. The van der Waals surface area contributed by atoms with E-state index >= 15 is 0 Å². The third kappa shape index (κ3) is 3.35. The monoisotopic (exact) mass is 375 g/mol. The Labute approximate surface area is 155 Å². The van der Waals surface area contributed by atoms with Crippen LogP contribution in [0.2, 0.25) is 0 Å². The van der Waals surface area contributed by atoms with Crippen LogP contribution in [0.1, 0.15) is 10.6 Å². The zero-order valence-electron chi connectivity index (χ0n) is 15.2. The van der Waals surface area contributed by atoms with Crippen molar-refractivity contribution in [1.82, 2.24) is 4.98 Å². The topological polar surface area (TPSA) is 70.0 Å². The molecular formula is C19H21NO5S. The molecule has 0 aliphatic heterocycles. The van der Waals surface area contributed by atoms with E-state index in [1.807, 2.05) is 12.1 Å². The molecule has 0 fully saturated rings. The van der Waals surface area contributed by atoms with E-state index in [2.05, 4.69) is 0 Å². The Morgan fingerprint density at radius 3 is 2.23 bits per heavy atom. The number of aromatic hydroxyl groups is 1. The molecule has 26 heavy (non-hydrogen) atoms. The Bertz CT molecular complexity index is 922. The van der Waals surface area contributed by atoms with Crippen molar-refractivity contribution in [1.29, 1.82) is 0 Å². The van der Waals surface area contributed by atoms with E-state index in [4.69, 9.17) is 23.9 Å².